The maximum atomic E-state index is 12.7. The van der Waals surface area contributed by atoms with Crippen molar-refractivity contribution in [3.05, 3.63) is 76.1 Å². The SMILES string of the molecule is CC(=O)N(c1ccccc1Br)c1onc(-c2cccc(Br)c2)c1-c1ccncn1. The van der Waals surface area contributed by atoms with E-state index < -0.39 is 0 Å². The van der Waals surface area contributed by atoms with E-state index in [4.69, 9.17) is 4.52 Å². The van der Waals surface area contributed by atoms with Crippen LogP contribution in [0.4, 0.5) is 11.6 Å². The zero-order valence-corrected chi connectivity index (χ0v) is 18.4. The molecule has 144 valence electrons. The second-order valence-corrected chi connectivity index (χ2v) is 7.89. The van der Waals surface area contributed by atoms with Crippen LogP contribution in [0.5, 0.6) is 0 Å². The summed E-state index contributed by atoms with van der Waals surface area (Å²) >= 11 is 7.01. The number of aromatic nitrogens is 3. The fourth-order valence-electron chi connectivity index (χ4n) is 2.99. The number of para-hydroxylation sites is 1. The second-order valence-electron chi connectivity index (χ2n) is 6.12. The van der Waals surface area contributed by atoms with E-state index in [9.17, 15) is 4.79 Å². The van der Waals surface area contributed by atoms with Crippen LogP contribution in [0.15, 0.2) is 80.6 Å². The summed E-state index contributed by atoms with van der Waals surface area (Å²) in [6, 6.07) is 16.9. The van der Waals surface area contributed by atoms with Gasteiger partial charge in [0.1, 0.15) is 12.0 Å². The molecule has 0 fully saturated rings. The van der Waals surface area contributed by atoms with Crippen LogP contribution >= 0.6 is 31.9 Å². The largest absolute Gasteiger partial charge is 0.336 e. The molecule has 2 heterocycles. The number of carbonyl (C=O) groups excluding carboxylic acids is 1. The molecule has 0 unspecified atom stereocenters. The molecule has 0 aliphatic heterocycles. The van der Waals surface area contributed by atoms with Gasteiger partial charge in [-0.05, 0) is 46.3 Å². The van der Waals surface area contributed by atoms with Gasteiger partial charge in [-0.15, -0.1) is 0 Å². The molecular formula is C21H14Br2N4O2. The molecule has 0 saturated heterocycles. The van der Waals surface area contributed by atoms with Gasteiger partial charge in [0, 0.05) is 27.6 Å². The van der Waals surface area contributed by atoms with Crippen LogP contribution in [-0.4, -0.2) is 21.0 Å². The highest BCUT2D eigenvalue weighted by Gasteiger charge is 2.29. The van der Waals surface area contributed by atoms with Gasteiger partial charge in [0.25, 0.3) is 0 Å². The Morgan fingerprint density at radius 3 is 2.59 bits per heavy atom. The molecule has 29 heavy (non-hydrogen) atoms. The quantitative estimate of drug-likeness (QED) is 0.334. The Morgan fingerprint density at radius 2 is 1.90 bits per heavy atom. The van der Waals surface area contributed by atoms with Crippen molar-refractivity contribution >= 4 is 49.3 Å². The lowest BCUT2D eigenvalue weighted by atomic mass is 10.0. The number of amides is 1. The molecule has 0 aliphatic carbocycles. The summed E-state index contributed by atoms with van der Waals surface area (Å²) in [5.74, 6) is 0.0715. The van der Waals surface area contributed by atoms with Gasteiger partial charge in [0.05, 0.1) is 16.9 Å². The van der Waals surface area contributed by atoms with E-state index in [-0.39, 0.29) is 11.8 Å². The minimum Gasteiger partial charge on any atom is -0.336 e. The van der Waals surface area contributed by atoms with Gasteiger partial charge in [-0.25, -0.2) is 14.9 Å². The van der Waals surface area contributed by atoms with Gasteiger partial charge in [-0.3, -0.25) is 4.79 Å². The van der Waals surface area contributed by atoms with Crippen LogP contribution in [0, 0.1) is 0 Å². The molecule has 0 spiro atoms. The monoisotopic (exact) mass is 512 g/mol. The Balaban J connectivity index is 1.99. The van der Waals surface area contributed by atoms with Crippen LogP contribution in [0.2, 0.25) is 0 Å². The number of hydrogen-bond donors (Lipinski definition) is 0. The molecule has 0 bridgehead atoms. The van der Waals surface area contributed by atoms with E-state index in [1.165, 1.54) is 18.2 Å². The number of benzene rings is 2. The van der Waals surface area contributed by atoms with Gasteiger partial charge >= 0.3 is 0 Å². The Kier molecular flexibility index (Phi) is 5.55. The van der Waals surface area contributed by atoms with E-state index in [0.29, 0.717) is 22.6 Å². The van der Waals surface area contributed by atoms with Gasteiger partial charge in [-0.2, -0.15) is 0 Å². The molecule has 0 atom stereocenters. The molecule has 1 amide bonds. The molecule has 0 radical (unpaired) electrons. The molecule has 0 N–H and O–H groups in total. The zero-order chi connectivity index (χ0) is 20.4. The van der Waals surface area contributed by atoms with Crippen LogP contribution in [0.25, 0.3) is 22.5 Å². The first-order valence-corrected chi connectivity index (χ1v) is 10.2. The molecular weight excluding hydrogens is 500 g/mol. The van der Waals surface area contributed by atoms with Crippen molar-refractivity contribution in [1.82, 2.24) is 15.1 Å². The fraction of sp³-hybridized carbons (Fsp3) is 0.0476. The van der Waals surface area contributed by atoms with E-state index in [1.54, 1.807) is 12.3 Å². The minimum atomic E-state index is -0.218. The highest BCUT2D eigenvalue weighted by Crippen LogP contribution is 2.43. The number of rotatable bonds is 4. The Labute approximate surface area is 183 Å². The first-order valence-electron chi connectivity index (χ1n) is 8.63. The summed E-state index contributed by atoms with van der Waals surface area (Å²) in [6.07, 6.45) is 3.09. The Bertz CT molecular complexity index is 1180. The van der Waals surface area contributed by atoms with Crippen LogP contribution in [0.1, 0.15) is 6.92 Å². The maximum absolute atomic E-state index is 12.7. The van der Waals surface area contributed by atoms with Crippen LogP contribution in [0.3, 0.4) is 0 Å². The zero-order valence-electron chi connectivity index (χ0n) is 15.2. The summed E-state index contributed by atoms with van der Waals surface area (Å²) in [5.41, 5.74) is 3.27. The lowest BCUT2D eigenvalue weighted by Crippen LogP contribution is -2.23. The molecule has 2 aromatic carbocycles. The molecule has 2 aromatic heterocycles. The number of halogens is 2. The third-order valence-electron chi connectivity index (χ3n) is 4.22. The third-order valence-corrected chi connectivity index (χ3v) is 5.39. The van der Waals surface area contributed by atoms with Crippen molar-refractivity contribution in [2.24, 2.45) is 0 Å². The van der Waals surface area contributed by atoms with Crippen molar-refractivity contribution in [3.8, 4) is 22.5 Å². The smallest absolute Gasteiger partial charge is 0.248 e. The van der Waals surface area contributed by atoms with E-state index in [1.807, 2.05) is 48.5 Å². The molecule has 0 saturated carbocycles. The first kappa shape index (κ1) is 19.5. The van der Waals surface area contributed by atoms with Crippen LogP contribution < -0.4 is 4.90 Å². The predicted molar refractivity (Wildman–Crippen MR) is 118 cm³/mol. The highest BCUT2D eigenvalue weighted by atomic mass is 79.9. The predicted octanol–water partition coefficient (Wildman–Crippen LogP) is 6.01. The van der Waals surface area contributed by atoms with Crippen molar-refractivity contribution in [1.29, 1.82) is 0 Å². The van der Waals surface area contributed by atoms with Crippen molar-refractivity contribution < 1.29 is 9.32 Å². The summed E-state index contributed by atoms with van der Waals surface area (Å²) in [6.45, 7) is 1.48. The lowest BCUT2D eigenvalue weighted by Gasteiger charge is -2.20. The maximum Gasteiger partial charge on any atom is 0.248 e. The Morgan fingerprint density at radius 1 is 1.07 bits per heavy atom. The van der Waals surface area contributed by atoms with Crippen molar-refractivity contribution in [3.63, 3.8) is 0 Å². The highest BCUT2D eigenvalue weighted by molar-refractivity contribution is 9.10. The van der Waals surface area contributed by atoms with Gasteiger partial charge in [-0.1, -0.05) is 45.4 Å². The number of anilines is 2. The number of carbonyl (C=O) groups is 1. The summed E-state index contributed by atoms with van der Waals surface area (Å²) in [4.78, 5) is 22.5. The average molecular weight is 514 g/mol. The molecule has 4 aromatic rings. The molecule has 0 aliphatic rings. The van der Waals surface area contributed by atoms with Crippen molar-refractivity contribution in [2.75, 3.05) is 4.90 Å². The lowest BCUT2D eigenvalue weighted by molar-refractivity contribution is -0.116. The number of nitrogens with zero attached hydrogens (tertiary/aromatic N) is 4. The standard InChI is InChI=1S/C21H14Br2N4O2/c1-13(28)27(18-8-3-2-7-16(18)23)21-19(17-9-10-24-12-25-17)20(26-29-21)14-5-4-6-15(22)11-14/h2-12H,1H3. The molecule has 8 heteroatoms. The number of hydrogen-bond acceptors (Lipinski definition) is 5. The third kappa shape index (κ3) is 3.86. The summed E-state index contributed by atoms with van der Waals surface area (Å²) < 4.78 is 7.39. The van der Waals surface area contributed by atoms with Crippen molar-refractivity contribution in [2.45, 2.75) is 6.92 Å². The fourth-order valence-corrected chi connectivity index (χ4v) is 3.85. The van der Waals surface area contributed by atoms with Gasteiger partial charge < -0.3 is 4.52 Å². The normalized spacial score (nSPS) is 10.7. The summed E-state index contributed by atoms with van der Waals surface area (Å²) in [7, 11) is 0. The molecule has 6 nitrogen and oxygen atoms in total. The van der Waals surface area contributed by atoms with Crippen LogP contribution in [-0.2, 0) is 4.79 Å². The summed E-state index contributed by atoms with van der Waals surface area (Å²) in [5, 5.41) is 4.30. The van der Waals surface area contributed by atoms with Gasteiger partial charge in [0.2, 0.25) is 11.8 Å². The van der Waals surface area contributed by atoms with Gasteiger partial charge in [0.15, 0.2) is 0 Å². The first-order chi connectivity index (χ1) is 14.1. The topological polar surface area (TPSA) is 72.1 Å². The second kappa shape index (κ2) is 8.26. The minimum absolute atomic E-state index is 0.218. The average Bonchev–Trinajstić information content (AvgIpc) is 3.15. The molecule has 4 rings (SSSR count). The Hall–Kier alpha value is -2.84. The van der Waals surface area contributed by atoms with E-state index in [0.717, 1.165) is 14.5 Å². The van der Waals surface area contributed by atoms with E-state index in [2.05, 4.69) is 47.0 Å². The van der Waals surface area contributed by atoms with E-state index >= 15 is 0 Å².